The van der Waals surface area contributed by atoms with Gasteiger partial charge in [0, 0.05) is 128 Å². The molecule has 0 aliphatic carbocycles. The van der Waals surface area contributed by atoms with E-state index in [0.29, 0.717) is 0 Å². The van der Waals surface area contributed by atoms with Gasteiger partial charge in [-0.05, 0) is 224 Å². The highest BCUT2D eigenvalue weighted by Crippen LogP contribution is 2.32. The Balaban J connectivity index is -0.000000309. The highest BCUT2D eigenvalue weighted by atomic mass is 15.2. The number of rotatable bonds is 12. The second-order valence-corrected chi connectivity index (χ2v) is 23.2. The molecule has 0 bridgehead atoms. The summed E-state index contributed by atoms with van der Waals surface area (Å²) in [4.78, 5) is 59.7. The van der Waals surface area contributed by atoms with E-state index in [1.54, 1.807) is 31.0 Å². The van der Waals surface area contributed by atoms with Crippen molar-refractivity contribution < 1.29 is 0 Å². The topological polar surface area (TPSA) is 161 Å². The molecule has 120 heavy (non-hydrogen) atoms. The molecule has 0 saturated heterocycles. The second-order valence-electron chi connectivity index (χ2n) is 23.2. The largest absolute Gasteiger partial charge is 0.343 e. The summed E-state index contributed by atoms with van der Waals surface area (Å²) in [6, 6.07) is 44.4. The van der Waals surface area contributed by atoms with Gasteiger partial charge in [-0.3, -0.25) is 29.9 Å². The Morgan fingerprint density at radius 3 is 0.642 bits per heavy atom. The first-order valence-corrected chi connectivity index (χ1v) is 43.7. The Hall–Kier alpha value is -11.3. The van der Waals surface area contributed by atoms with Gasteiger partial charge in [-0.15, -0.1) is 0 Å². The zero-order valence-electron chi connectivity index (χ0n) is 83.0. The Bertz CT molecular complexity index is 3420. The molecule has 11 aromatic heterocycles. The third-order valence-corrected chi connectivity index (χ3v) is 16.1. The molecule has 0 aliphatic heterocycles. The zero-order valence-corrected chi connectivity index (χ0v) is 83.0. The molecule has 0 aliphatic rings. The fraction of sp³-hybridized carbons (Fsp3) is 0.408. The van der Waals surface area contributed by atoms with Crippen LogP contribution in [0.1, 0.15) is 233 Å². The minimum atomic E-state index is 0.948. The molecular weight excluding hydrogens is 1480 g/mol. The standard InChI is InChI=1S/C14H16N2.5C13H15N3.12C2H6/c1-11-6-4-5-7-13(11)16(3)14-10-15-9-8-12(14)2;1-10-6-4-9-15-13(10)16(3)12-7-5-8-14-11(12)2;1-10-6-4-8-14-12(10)16(3)13-11(2)7-5-9-15-13;1-10-6-8-14-9-13(10)16(3)12-5-4-7-15-11(12)2;1-10-6-8-14-9-12(10)16(3)13-11(2)5-4-7-15-13;1-10-5-4-7-15-13(10)16(3)12-6-8-14-9-11(12)2;12*1-2/h4-10H,1-3H3;5*4-9H,1-3H3;12*1-2H3. The Morgan fingerprint density at radius 2 is 0.358 bits per heavy atom. The predicted octanol–water partition coefficient (Wildman–Crippen LogP) is 30.1. The van der Waals surface area contributed by atoms with Crippen molar-refractivity contribution in [3.8, 4) is 0 Å². The van der Waals surface area contributed by atoms with Crippen LogP contribution in [0.2, 0.25) is 0 Å². The van der Waals surface area contributed by atoms with E-state index in [4.69, 9.17) is 0 Å². The number of benzene rings is 1. The lowest BCUT2D eigenvalue weighted by Gasteiger charge is -2.22. The summed E-state index contributed by atoms with van der Waals surface area (Å²) in [5.74, 6) is 4.82. The minimum Gasteiger partial charge on any atom is -0.343 e. The molecule has 0 spiro atoms. The van der Waals surface area contributed by atoms with Gasteiger partial charge in [-0.2, -0.15) is 0 Å². The quantitative estimate of drug-likeness (QED) is 0.113. The van der Waals surface area contributed by atoms with Gasteiger partial charge in [0.25, 0.3) is 0 Å². The molecule has 12 rings (SSSR count). The van der Waals surface area contributed by atoms with E-state index in [9.17, 15) is 0 Å². The van der Waals surface area contributed by atoms with E-state index in [1.807, 2.05) is 349 Å². The van der Waals surface area contributed by atoms with Crippen LogP contribution in [0.25, 0.3) is 0 Å². The summed E-state index contributed by atoms with van der Waals surface area (Å²) in [5.41, 5.74) is 21.8. The van der Waals surface area contributed by atoms with Gasteiger partial charge < -0.3 is 29.4 Å². The molecule has 17 heteroatoms. The van der Waals surface area contributed by atoms with E-state index >= 15 is 0 Å². The van der Waals surface area contributed by atoms with Crippen molar-refractivity contribution in [2.24, 2.45) is 0 Å². The zero-order chi connectivity index (χ0) is 93.3. The smallest absolute Gasteiger partial charge is 0.136 e. The summed E-state index contributed by atoms with van der Waals surface area (Å²) < 4.78 is 0. The van der Waals surface area contributed by atoms with Gasteiger partial charge in [0.05, 0.1) is 58.4 Å². The molecule has 0 unspecified atom stereocenters. The summed E-state index contributed by atoms with van der Waals surface area (Å²) in [5, 5.41) is 0. The van der Waals surface area contributed by atoms with E-state index in [1.165, 1.54) is 33.5 Å². The lowest BCUT2D eigenvalue weighted by molar-refractivity contribution is 1.05. The van der Waals surface area contributed by atoms with Gasteiger partial charge in [0.2, 0.25) is 0 Å². The first-order valence-electron chi connectivity index (χ1n) is 43.7. The highest BCUT2D eigenvalue weighted by Gasteiger charge is 2.16. The fourth-order valence-corrected chi connectivity index (χ4v) is 10.7. The molecule has 1 aromatic carbocycles. The van der Waals surface area contributed by atoms with Crippen LogP contribution in [0.4, 0.5) is 68.9 Å². The van der Waals surface area contributed by atoms with Crippen LogP contribution in [0.5, 0.6) is 0 Å². The maximum absolute atomic E-state index is 4.40. The van der Waals surface area contributed by atoms with Gasteiger partial charge in [0.15, 0.2) is 0 Å². The minimum absolute atomic E-state index is 0.948. The molecule has 17 nitrogen and oxygen atoms in total. The highest BCUT2D eigenvalue weighted by molar-refractivity contribution is 5.70. The number of para-hydroxylation sites is 1. The summed E-state index contributed by atoms with van der Waals surface area (Å²) in [7, 11) is 12.2. The van der Waals surface area contributed by atoms with Crippen LogP contribution in [0.3, 0.4) is 0 Å². The monoisotopic (exact) mass is 1640 g/mol. The normalized spacial score (nSPS) is 8.75. The predicted molar refractivity (Wildman–Crippen MR) is 534 cm³/mol. The van der Waals surface area contributed by atoms with E-state index in [0.717, 1.165) is 102 Å². The number of hydrogen-bond acceptors (Lipinski definition) is 17. The Morgan fingerprint density at radius 1 is 0.158 bits per heavy atom. The first-order chi connectivity index (χ1) is 58.2. The lowest BCUT2D eigenvalue weighted by atomic mass is 10.1. The molecule has 660 valence electrons. The lowest BCUT2D eigenvalue weighted by Crippen LogP contribution is -2.15. The average molecular weight is 1640 g/mol. The van der Waals surface area contributed by atoms with Crippen molar-refractivity contribution in [3.05, 3.63) is 293 Å². The number of aryl methyl sites for hydroxylation is 12. The van der Waals surface area contributed by atoms with Gasteiger partial charge in [-0.1, -0.05) is 215 Å². The summed E-state index contributed by atoms with van der Waals surface area (Å²) in [6.45, 7) is 72.7. The van der Waals surface area contributed by atoms with Gasteiger partial charge >= 0.3 is 0 Å². The summed E-state index contributed by atoms with van der Waals surface area (Å²) in [6.07, 6.45) is 27.4. The van der Waals surface area contributed by atoms with Crippen molar-refractivity contribution in [2.45, 2.75) is 249 Å². The van der Waals surface area contributed by atoms with Crippen LogP contribution in [0.15, 0.2) is 226 Å². The van der Waals surface area contributed by atoms with Crippen molar-refractivity contribution in [2.75, 3.05) is 71.7 Å². The number of hydrogen-bond donors (Lipinski definition) is 0. The molecular formula is C103H163N17. The van der Waals surface area contributed by atoms with Crippen LogP contribution in [-0.2, 0) is 0 Å². The number of aromatic nitrogens is 11. The van der Waals surface area contributed by atoms with Crippen LogP contribution in [0, 0.1) is 83.1 Å². The number of nitrogens with zero attached hydrogens (tertiary/aromatic N) is 17. The number of anilines is 12. The molecule has 0 radical (unpaired) electrons. The maximum atomic E-state index is 4.40. The second kappa shape index (κ2) is 76.4. The van der Waals surface area contributed by atoms with Crippen LogP contribution >= 0.6 is 0 Å². The first kappa shape index (κ1) is 120. The average Bonchev–Trinajstić information content (AvgIpc) is 0.866. The molecule has 0 atom stereocenters. The molecule has 0 fully saturated rings. The third kappa shape index (κ3) is 41.9. The molecule has 0 amide bonds. The van der Waals surface area contributed by atoms with Crippen LogP contribution in [-0.4, -0.2) is 97.1 Å². The van der Waals surface area contributed by atoms with Crippen molar-refractivity contribution in [3.63, 3.8) is 0 Å². The van der Waals surface area contributed by atoms with Gasteiger partial charge in [-0.25, -0.2) is 24.9 Å². The van der Waals surface area contributed by atoms with Crippen LogP contribution < -0.4 is 29.4 Å². The maximum Gasteiger partial charge on any atom is 0.136 e. The molecule has 0 N–H and O–H groups in total. The molecule has 11 heterocycles. The van der Waals surface area contributed by atoms with Crippen molar-refractivity contribution in [1.82, 2.24) is 54.8 Å². The van der Waals surface area contributed by atoms with Crippen molar-refractivity contribution >= 4 is 68.9 Å². The third-order valence-electron chi connectivity index (χ3n) is 16.1. The van der Waals surface area contributed by atoms with E-state index in [-0.39, 0.29) is 0 Å². The fourth-order valence-electron chi connectivity index (χ4n) is 10.7. The molecule has 12 aromatic rings. The SMILES string of the molecule is CC.CC.CC.CC.CC.CC.CC.CC.CC.CC.CC.CC.Cc1ccccc1N(C)c1cnccc1C.Cc1cccnc1N(C)c1cccnc1C.Cc1cccnc1N(C)c1ncccc1C.Cc1ccncc1N(C)c1cccnc1C.Cc1ccncc1N(C)c1ncccc1C.Cc1cnccc1N(C)c1ncccc1C. The Kier molecular flexibility index (Phi) is 76.0. The van der Waals surface area contributed by atoms with E-state index in [2.05, 4.69) is 222 Å². The molecule has 0 saturated carbocycles. The number of pyridine rings is 11. The van der Waals surface area contributed by atoms with Gasteiger partial charge in [0.1, 0.15) is 29.1 Å². The van der Waals surface area contributed by atoms with E-state index < -0.39 is 0 Å². The Labute approximate surface area is 733 Å². The summed E-state index contributed by atoms with van der Waals surface area (Å²) >= 11 is 0. The van der Waals surface area contributed by atoms with Crippen molar-refractivity contribution in [1.29, 1.82) is 0 Å².